The lowest BCUT2D eigenvalue weighted by Gasteiger charge is -2.14. The molecule has 2 rings (SSSR count). The summed E-state index contributed by atoms with van der Waals surface area (Å²) in [7, 11) is -0.883. The fourth-order valence-corrected chi connectivity index (χ4v) is 3.99. The Balaban J connectivity index is 2.35. The zero-order valence-electron chi connectivity index (χ0n) is 13.2. The number of nitrogens with one attached hydrogen (secondary N) is 1. The van der Waals surface area contributed by atoms with Gasteiger partial charge in [-0.15, -0.1) is 0 Å². The van der Waals surface area contributed by atoms with Crippen molar-refractivity contribution in [2.24, 2.45) is 0 Å². The molecule has 0 saturated carbocycles. The number of rotatable bonds is 4. The van der Waals surface area contributed by atoms with Gasteiger partial charge in [-0.25, -0.2) is 12.7 Å². The van der Waals surface area contributed by atoms with E-state index in [1.54, 1.807) is 6.07 Å². The van der Waals surface area contributed by atoms with E-state index in [1.807, 2.05) is 6.07 Å². The third-order valence-corrected chi connectivity index (χ3v) is 6.42. The number of carbonyl (C=O) groups is 1. The fourth-order valence-electron chi connectivity index (χ4n) is 1.93. The molecule has 25 heavy (non-hydrogen) atoms. The van der Waals surface area contributed by atoms with Gasteiger partial charge in [0.05, 0.1) is 15.5 Å². The van der Waals surface area contributed by atoms with Gasteiger partial charge < -0.3 is 5.32 Å². The summed E-state index contributed by atoms with van der Waals surface area (Å²) in [5, 5.41) is 11.7. The van der Waals surface area contributed by atoms with Gasteiger partial charge in [0.15, 0.2) is 0 Å². The molecule has 2 aromatic rings. The monoisotopic (exact) mass is 441 g/mol. The number of carbonyl (C=O) groups excluding carboxylic acids is 1. The molecule has 0 heterocycles. The summed E-state index contributed by atoms with van der Waals surface area (Å²) in [4.78, 5) is 12.4. The average molecular weight is 443 g/mol. The first-order valence-electron chi connectivity index (χ1n) is 6.90. The van der Waals surface area contributed by atoms with Gasteiger partial charge in [0.2, 0.25) is 10.0 Å². The van der Waals surface area contributed by atoms with Gasteiger partial charge in [-0.05, 0) is 52.3 Å². The number of sulfonamides is 1. The molecule has 2 aromatic carbocycles. The Labute approximate surface area is 159 Å². The largest absolute Gasteiger partial charge is 0.322 e. The van der Waals surface area contributed by atoms with Crippen molar-refractivity contribution in [3.63, 3.8) is 0 Å². The Bertz CT molecular complexity index is 985. The summed E-state index contributed by atoms with van der Waals surface area (Å²) >= 11 is 9.13. The van der Waals surface area contributed by atoms with Gasteiger partial charge in [0.1, 0.15) is 6.07 Å². The second-order valence-corrected chi connectivity index (χ2v) is 8.57. The van der Waals surface area contributed by atoms with Crippen molar-refractivity contribution in [1.82, 2.24) is 4.31 Å². The Morgan fingerprint density at radius 1 is 1.24 bits per heavy atom. The third-order valence-electron chi connectivity index (χ3n) is 3.30. The molecule has 0 aliphatic carbocycles. The highest BCUT2D eigenvalue weighted by Crippen LogP contribution is 2.26. The van der Waals surface area contributed by atoms with Crippen molar-refractivity contribution in [1.29, 1.82) is 5.26 Å². The van der Waals surface area contributed by atoms with Crippen LogP contribution in [0.5, 0.6) is 0 Å². The molecule has 9 heteroatoms. The second-order valence-electron chi connectivity index (χ2n) is 5.19. The van der Waals surface area contributed by atoms with Crippen molar-refractivity contribution >= 4 is 49.1 Å². The standard InChI is InChI=1S/C16H13BrClN3O3S/c1-21(2)25(23,24)15-7-10(4-6-13(15)17)16(22)20-12-5-3-11(9-19)14(18)8-12/h3-8H,1-2H3,(H,20,22). The Kier molecular flexibility index (Phi) is 5.85. The van der Waals surface area contributed by atoms with Crippen molar-refractivity contribution in [3.05, 3.63) is 57.0 Å². The smallest absolute Gasteiger partial charge is 0.255 e. The van der Waals surface area contributed by atoms with E-state index < -0.39 is 15.9 Å². The summed E-state index contributed by atoms with van der Waals surface area (Å²) in [5.41, 5.74) is 0.862. The minimum absolute atomic E-state index is 0.0111. The van der Waals surface area contributed by atoms with Crippen molar-refractivity contribution in [2.75, 3.05) is 19.4 Å². The van der Waals surface area contributed by atoms with Gasteiger partial charge in [0, 0.05) is 29.8 Å². The van der Waals surface area contributed by atoms with Crippen LogP contribution in [0.4, 0.5) is 5.69 Å². The number of benzene rings is 2. The molecule has 0 aliphatic rings. The van der Waals surface area contributed by atoms with Crippen LogP contribution in [0.1, 0.15) is 15.9 Å². The summed E-state index contributed by atoms with van der Waals surface area (Å²) < 4.78 is 26.1. The van der Waals surface area contributed by atoms with Gasteiger partial charge in [-0.1, -0.05) is 11.6 Å². The zero-order valence-corrected chi connectivity index (χ0v) is 16.4. The molecule has 0 radical (unpaired) electrons. The third kappa shape index (κ3) is 4.19. The molecular weight excluding hydrogens is 430 g/mol. The lowest BCUT2D eigenvalue weighted by Crippen LogP contribution is -2.23. The van der Waals surface area contributed by atoms with Gasteiger partial charge in [-0.2, -0.15) is 5.26 Å². The van der Waals surface area contributed by atoms with E-state index >= 15 is 0 Å². The predicted octanol–water partition coefficient (Wildman–Crippen LogP) is 3.48. The summed E-state index contributed by atoms with van der Waals surface area (Å²) in [5.74, 6) is -0.497. The number of amides is 1. The van der Waals surface area contributed by atoms with Crippen LogP contribution < -0.4 is 5.32 Å². The van der Waals surface area contributed by atoms with Crippen LogP contribution in [0.15, 0.2) is 45.8 Å². The maximum Gasteiger partial charge on any atom is 0.255 e. The van der Waals surface area contributed by atoms with E-state index in [4.69, 9.17) is 16.9 Å². The predicted molar refractivity (Wildman–Crippen MR) is 99.1 cm³/mol. The Hall–Kier alpha value is -1.92. The molecule has 1 N–H and O–H groups in total. The minimum Gasteiger partial charge on any atom is -0.322 e. The van der Waals surface area contributed by atoms with Gasteiger partial charge in [0.25, 0.3) is 5.91 Å². The van der Waals surface area contributed by atoms with E-state index in [-0.39, 0.29) is 15.5 Å². The van der Waals surface area contributed by atoms with Crippen molar-refractivity contribution < 1.29 is 13.2 Å². The van der Waals surface area contributed by atoms with Gasteiger partial charge in [-0.3, -0.25) is 4.79 Å². The summed E-state index contributed by atoms with van der Waals surface area (Å²) in [6.45, 7) is 0. The molecule has 0 atom stereocenters. The zero-order chi connectivity index (χ0) is 18.8. The number of halogens is 2. The minimum atomic E-state index is -3.70. The molecular formula is C16H13BrClN3O3S. The highest BCUT2D eigenvalue weighted by atomic mass is 79.9. The molecule has 0 unspecified atom stereocenters. The summed E-state index contributed by atoms with van der Waals surface area (Å²) in [6, 6.07) is 10.7. The number of hydrogen-bond acceptors (Lipinski definition) is 4. The molecule has 1 amide bonds. The molecule has 0 bridgehead atoms. The molecule has 130 valence electrons. The molecule has 0 saturated heterocycles. The lowest BCUT2D eigenvalue weighted by molar-refractivity contribution is 0.102. The Morgan fingerprint density at radius 2 is 1.92 bits per heavy atom. The first-order valence-corrected chi connectivity index (χ1v) is 9.51. The van der Waals surface area contributed by atoms with Crippen LogP contribution in [0, 0.1) is 11.3 Å². The van der Waals surface area contributed by atoms with Crippen LogP contribution in [-0.2, 0) is 10.0 Å². The first kappa shape index (κ1) is 19.4. The van der Waals surface area contributed by atoms with Crippen LogP contribution in [0.3, 0.4) is 0 Å². The van der Waals surface area contributed by atoms with E-state index in [9.17, 15) is 13.2 Å². The first-order chi connectivity index (χ1) is 11.7. The molecule has 0 aliphatic heterocycles. The lowest BCUT2D eigenvalue weighted by atomic mass is 10.2. The maximum atomic E-state index is 12.4. The molecule has 6 nitrogen and oxygen atoms in total. The van der Waals surface area contributed by atoms with Crippen LogP contribution >= 0.6 is 27.5 Å². The number of anilines is 1. The highest BCUT2D eigenvalue weighted by Gasteiger charge is 2.22. The normalized spacial score (nSPS) is 11.2. The summed E-state index contributed by atoms with van der Waals surface area (Å²) in [6.07, 6.45) is 0. The quantitative estimate of drug-likeness (QED) is 0.785. The van der Waals surface area contributed by atoms with E-state index in [0.29, 0.717) is 15.7 Å². The molecule has 0 aromatic heterocycles. The van der Waals surface area contributed by atoms with E-state index in [0.717, 1.165) is 4.31 Å². The van der Waals surface area contributed by atoms with Crippen LogP contribution in [0.25, 0.3) is 0 Å². The number of nitriles is 1. The number of nitrogens with zero attached hydrogens (tertiary/aromatic N) is 2. The highest BCUT2D eigenvalue weighted by molar-refractivity contribution is 9.10. The topological polar surface area (TPSA) is 90.3 Å². The fraction of sp³-hybridized carbons (Fsp3) is 0.125. The average Bonchev–Trinajstić information content (AvgIpc) is 2.55. The SMILES string of the molecule is CN(C)S(=O)(=O)c1cc(C(=O)Nc2ccc(C#N)c(Cl)c2)ccc1Br. The van der Waals surface area contributed by atoms with Crippen LogP contribution in [-0.4, -0.2) is 32.7 Å². The molecule has 0 fully saturated rings. The van der Waals surface area contributed by atoms with E-state index in [2.05, 4.69) is 21.2 Å². The van der Waals surface area contributed by atoms with Gasteiger partial charge >= 0.3 is 0 Å². The molecule has 0 spiro atoms. The second kappa shape index (κ2) is 7.54. The van der Waals surface area contributed by atoms with Crippen LogP contribution in [0.2, 0.25) is 5.02 Å². The Morgan fingerprint density at radius 3 is 2.48 bits per heavy atom. The van der Waals surface area contributed by atoms with Crippen molar-refractivity contribution in [3.8, 4) is 6.07 Å². The van der Waals surface area contributed by atoms with Crippen molar-refractivity contribution in [2.45, 2.75) is 4.90 Å². The maximum absolute atomic E-state index is 12.4. The van der Waals surface area contributed by atoms with E-state index in [1.165, 1.54) is 44.4 Å². The number of hydrogen-bond donors (Lipinski definition) is 1.